The first-order chi connectivity index (χ1) is 6.56. The Labute approximate surface area is 99.8 Å². The van der Waals surface area contributed by atoms with Crippen molar-refractivity contribution in [2.75, 3.05) is 6.54 Å². The Bertz CT molecular complexity index is 323. The number of nitrogens with one attached hydrogen (secondary N) is 1. The van der Waals surface area contributed by atoms with E-state index >= 15 is 0 Å². The summed E-state index contributed by atoms with van der Waals surface area (Å²) in [5, 5.41) is 3.00. The highest BCUT2D eigenvalue weighted by molar-refractivity contribution is 9.10. The highest BCUT2D eigenvalue weighted by atomic mass is 79.9. The van der Waals surface area contributed by atoms with E-state index in [4.69, 9.17) is 17.3 Å². The van der Waals surface area contributed by atoms with Crippen molar-refractivity contribution in [3.8, 4) is 0 Å². The van der Waals surface area contributed by atoms with Gasteiger partial charge in [0.25, 0.3) is 0 Å². The van der Waals surface area contributed by atoms with Gasteiger partial charge in [-0.05, 0) is 28.5 Å². The number of halogens is 2. The van der Waals surface area contributed by atoms with Crippen molar-refractivity contribution in [1.82, 2.24) is 5.32 Å². The molecule has 0 fully saturated rings. The lowest BCUT2D eigenvalue weighted by Crippen LogP contribution is -2.32. The molecule has 1 unspecified atom stereocenters. The van der Waals surface area contributed by atoms with E-state index in [1.54, 1.807) is 0 Å². The summed E-state index contributed by atoms with van der Waals surface area (Å²) in [4.78, 5) is 11.9. The van der Waals surface area contributed by atoms with E-state index in [9.17, 15) is 4.79 Å². The third-order valence-corrected chi connectivity index (χ3v) is 4.18. The summed E-state index contributed by atoms with van der Waals surface area (Å²) >= 11 is 10.5. The van der Waals surface area contributed by atoms with Crippen LogP contribution < -0.4 is 11.1 Å². The van der Waals surface area contributed by atoms with Crippen molar-refractivity contribution in [1.29, 1.82) is 0 Å². The molecule has 3 nitrogen and oxygen atoms in total. The van der Waals surface area contributed by atoms with Gasteiger partial charge in [0.1, 0.15) is 10.4 Å². The molecule has 0 spiro atoms. The van der Waals surface area contributed by atoms with E-state index in [2.05, 4.69) is 21.2 Å². The predicted molar refractivity (Wildman–Crippen MR) is 62.6 cm³/mol. The average Bonchev–Trinajstić information content (AvgIpc) is 2.42. The number of likely N-dealkylation sites (N-methyl/N-ethyl adjacent to an activating group) is 1. The molecule has 0 saturated heterocycles. The summed E-state index contributed by atoms with van der Waals surface area (Å²) in [7, 11) is 0. The lowest BCUT2D eigenvalue weighted by atomic mass is 10.2. The Morgan fingerprint density at radius 3 is 2.86 bits per heavy atom. The molecule has 0 aromatic carbocycles. The largest absolute Gasteiger partial charge is 0.368 e. The normalized spacial score (nSPS) is 12.8. The summed E-state index contributed by atoms with van der Waals surface area (Å²) in [5.41, 5.74) is 5.26. The highest BCUT2D eigenvalue weighted by Crippen LogP contribution is 2.35. The van der Waals surface area contributed by atoms with Crippen LogP contribution in [0.4, 0.5) is 0 Å². The zero-order chi connectivity index (χ0) is 10.7. The molecule has 3 N–H and O–H groups in total. The van der Waals surface area contributed by atoms with Crippen molar-refractivity contribution in [2.24, 2.45) is 5.73 Å². The third-order valence-electron chi connectivity index (χ3n) is 1.64. The molecule has 1 amide bonds. The molecule has 0 aliphatic rings. The highest BCUT2D eigenvalue weighted by Gasteiger charge is 2.19. The van der Waals surface area contributed by atoms with E-state index < -0.39 is 11.9 Å². The number of hydrogen-bond donors (Lipinski definition) is 2. The molecule has 1 rings (SSSR count). The summed E-state index contributed by atoms with van der Waals surface area (Å²) in [6.45, 7) is 2.60. The minimum atomic E-state index is -0.450. The first-order valence-corrected chi connectivity index (χ1v) is 6.02. The lowest BCUT2D eigenvalue weighted by Gasteiger charge is -2.11. The van der Waals surface area contributed by atoms with Crippen LogP contribution >= 0.6 is 38.9 Å². The number of nitrogens with two attached hydrogens (primary N) is 1. The molecule has 0 aliphatic heterocycles. The fourth-order valence-corrected chi connectivity index (χ4v) is 2.87. The van der Waals surface area contributed by atoms with Crippen LogP contribution in [0.3, 0.4) is 0 Å². The van der Waals surface area contributed by atoms with Gasteiger partial charge >= 0.3 is 0 Å². The maximum atomic E-state index is 11.1. The van der Waals surface area contributed by atoms with Gasteiger partial charge in [-0.3, -0.25) is 4.79 Å². The van der Waals surface area contributed by atoms with Crippen LogP contribution in [-0.4, -0.2) is 12.5 Å². The molecule has 14 heavy (non-hydrogen) atoms. The SMILES string of the molecule is CCNC(C(N)=O)c1cc(Br)c(Cl)s1. The van der Waals surface area contributed by atoms with E-state index in [1.165, 1.54) is 11.3 Å². The van der Waals surface area contributed by atoms with Gasteiger partial charge in [-0.1, -0.05) is 18.5 Å². The second-order valence-electron chi connectivity index (χ2n) is 2.66. The van der Waals surface area contributed by atoms with Crippen molar-refractivity contribution < 1.29 is 4.79 Å². The first-order valence-electron chi connectivity index (χ1n) is 4.03. The third kappa shape index (κ3) is 2.70. The van der Waals surface area contributed by atoms with Crippen molar-refractivity contribution in [3.05, 3.63) is 19.8 Å². The van der Waals surface area contributed by atoms with Gasteiger partial charge in [0, 0.05) is 9.35 Å². The molecule has 78 valence electrons. The molecule has 6 heteroatoms. The second kappa shape index (κ2) is 5.11. The van der Waals surface area contributed by atoms with Crippen LogP contribution in [-0.2, 0) is 4.79 Å². The zero-order valence-corrected chi connectivity index (χ0v) is 10.7. The summed E-state index contributed by atoms with van der Waals surface area (Å²) in [6.07, 6.45) is 0. The maximum absolute atomic E-state index is 11.1. The van der Waals surface area contributed by atoms with Gasteiger partial charge in [0.05, 0.1) is 0 Å². The molecule has 0 bridgehead atoms. The molecular formula is C8H10BrClN2OS. The summed E-state index contributed by atoms with van der Waals surface area (Å²) < 4.78 is 1.42. The Morgan fingerprint density at radius 1 is 1.86 bits per heavy atom. The number of amides is 1. The minimum Gasteiger partial charge on any atom is -0.368 e. The van der Waals surface area contributed by atoms with Gasteiger partial charge in [-0.15, -0.1) is 11.3 Å². The number of carbonyl (C=O) groups excluding carboxylic acids is 1. The molecular weight excluding hydrogens is 288 g/mol. The van der Waals surface area contributed by atoms with Gasteiger partial charge in [-0.2, -0.15) is 0 Å². The van der Waals surface area contributed by atoms with Crippen LogP contribution in [0.2, 0.25) is 4.34 Å². The van der Waals surface area contributed by atoms with E-state index in [1.807, 2.05) is 13.0 Å². The Hall–Kier alpha value is -0.100. The van der Waals surface area contributed by atoms with Gasteiger partial charge in [0.2, 0.25) is 5.91 Å². The Balaban J connectivity index is 2.93. The molecule has 0 radical (unpaired) electrons. The minimum absolute atomic E-state index is 0.391. The van der Waals surface area contributed by atoms with E-state index in [-0.39, 0.29) is 0 Å². The van der Waals surface area contributed by atoms with E-state index in [0.717, 1.165) is 9.35 Å². The fourth-order valence-electron chi connectivity index (χ4n) is 1.05. The lowest BCUT2D eigenvalue weighted by molar-refractivity contribution is -0.120. The van der Waals surface area contributed by atoms with Gasteiger partial charge in [-0.25, -0.2) is 0 Å². The van der Waals surface area contributed by atoms with Crippen LogP contribution in [0.15, 0.2) is 10.5 Å². The monoisotopic (exact) mass is 296 g/mol. The summed E-state index contributed by atoms with van der Waals surface area (Å²) in [5.74, 6) is -0.391. The number of carbonyl (C=O) groups is 1. The van der Waals surface area contributed by atoms with Crippen LogP contribution in [0.1, 0.15) is 17.8 Å². The van der Waals surface area contributed by atoms with Crippen LogP contribution in [0.5, 0.6) is 0 Å². The number of rotatable bonds is 4. The molecule has 0 aliphatic carbocycles. The average molecular weight is 298 g/mol. The van der Waals surface area contributed by atoms with Gasteiger partial charge < -0.3 is 11.1 Å². The Morgan fingerprint density at radius 2 is 2.50 bits per heavy atom. The maximum Gasteiger partial charge on any atom is 0.239 e. The van der Waals surface area contributed by atoms with Crippen molar-refractivity contribution >= 4 is 44.8 Å². The van der Waals surface area contributed by atoms with Crippen LogP contribution in [0.25, 0.3) is 0 Å². The zero-order valence-electron chi connectivity index (χ0n) is 7.51. The van der Waals surface area contributed by atoms with Crippen LogP contribution in [0, 0.1) is 0 Å². The molecule has 0 saturated carbocycles. The number of thiophene rings is 1. The fraction of sp³-hybridized carbons (Fsp3) is 0.375. The van der Waals surface area contributed by atoms with Gasteiger partial charge in [0.15, 0.2) is 0 Å². The number of hydrogen-bond acceptors (Lipinski definition) is 3. The molecule has 1 aromatic heterocycles. The summed E-state index contributed by atoms with van der Waals surface area (Å²) in [6, 6.07) is 1.36. The topological polar surface area (TPSA) is 55.1 Å². The second-order valence-corrected chi connectivity index (χ2v) is 5.20. The Kier molecular flexibility index (Phi) is 4.37. The predicted octanol–water partition coefficient (Wildman–Crippen LogP) is 2.30. The van der Waals surface area contributed by atoms with E-state index in [0.29, 0.717) is 10.9 Å². The van der Waals surface area contributed by atoms with Crippen molar-refractivity contribution in [3.63, 3.8) is 0 Å². The molecule has 1 atom stereocenters. The van der Waals surface area contributed by atoms with Crippen molar-refractivity contribution in [2.45, 2.75) is 13.0 Å². The quantitative estimate of drug-likeness (QED) is 0.896. The number of primary amides is 1. The smallest absolute Gasteiger partial charge is 0.239 e. The molecule has 1 heterocycles. The molecule has 1 aromatic rings. The first kappa shape index (κ1) is 12.0. The standard InChI is InChI=1S/C8H10BrClN2OS/c1-2-12-6(8(11)13)5-3-4(9)7(10)14-5/h3,6,12H,2H2,1H3,(H2,11,13).